The number of rotatable bonds is 12. The molecule has 0 bridgehead atoms. The number of phenolic OH excluding ortho intramolecular Hbond substituents is 1. The van der Waals surface area contributed by atoms with Crippen molar-refractivity contribution < 1.29 is 33.6 Å². The highest BCUT2D eigenvalue weighted by Gasteiger charge is 2.53. The van der Waals surface area contributed by atoms with Gasteiger partial charge in [-0.1, -0.05) is 6.07 Å². The summed E-state index contributed by atoms with van der Waals surface area (Å²) in [5.74, 6) is 0.0809. The van der Waals surface area contributed by atoms with Gasteiger partial charge in [-0.15, -0.1) is 0 Å². The molecule has 10 nitrogen and oxygen atoms in total. The molecule has 40 heavy (non-hydrogen) atoms. The molecule has 216 valence electrons. The number of phenols is 1. The first kappa shape index (κ1) is 28.0. The summed E-state index contributed by atoms with van der Waals surface area (Å²) in [6.07, 6.45) is 4.11. The molecule has 1 amide bonds. The Morgan fingerprint density at radius 1 is 1.05 bits per heavy atom. The van der Waals surface area contributed by atoms with Crippen LogP contribution in [0.1, 0.15) is 66.3 Å². The monoisotopic (exact) mass is 553 g/mol. The zero-order valence-electron chi connectivity index (χ0n) is 23.2. The van der Waals surface area contributed by atoms with Crippen molar-refractivity contribution in [3.63, 3.8) is 0 Å². The fraction of sp³-hybridized carbons (Fsp3) is 0.533. The largest absolute Gasteiger partial charge is 0.504 e. The van der Waals surface area contributed by atoms with E-state index in [2.05, 4.69) is 10.6 Å². The van der Waals surface area contributed by atoms with Gasteiger partial charge in [-0.25, -0.2) is 0 Å². The van der Waals surface area contributed by atoms with Gasteiger partial charge in [0.25, 0.3) is 0 Å². The molecule has 5 N–H and O–H groups in total. The third kappa shape index (κ3) is 5.55. The highest BCUT2D eigenvalue weighted by molar-refractivity contribution is 5.81. The summed E-state index contributed by atoms with van der Waals surface area (Å²) < 4.78 is 22.4. The topological polar surface area (TPSA) is 141 Å². The van der Waals surface area contributed by atoms with Crippen molar-refractivity contribution in [1.29, 1.82) is 0 Å². The summed E-state index contributed by atoms with van der Waals surface area (Å²) >= 11 is 0. The molecule has 0 radical (unpaired) electrons. The molecule has 10 heteroatoms. The molecule has 2 heterocycles. The standard InChI is InChI=1S/C30H39N3O7/c1-17-11-18(12-24(37-2)29(17)35)26-19-13-22-23(40-16-39-22)14-20(19)28(21-15-38-30(36)27(21)26)33-25(34)7-3-5-9-32-10-6-4-8-31/h11-14,21,26-28,32,35H,3-10,15-16,31H2,1-2H3,(H,33,34)/t21-,26?,27-,28+/m0/s1. The average Bonchev–Trinajstić information content (AvgIpc) is 3.57. The quantitative estimate of drug-likeness (QED) is 0.231. The number of hydrogen-bond donors (Lipinski definition) is 4. The fourth-order valence-electron chi connectivity index (χ4n) is 6.16. The maximum absolute atomic E-state index is 13.2. The van der Waals surface area contributed by atoms with E-state index in [4.69, 9.17) is 24.7 Å². The number of benzene rings is 2. The summed E-state index contributed by atoms with van der Waals surface area (Å²) in [5, 5.41) is 17.1. The number of cyclic esters (lactones) is 1. The lowest BCUT2D eigenvalue weighted by molar-refractivity contribution is -0.141. The molecule has 5 rings (SSSR count). The molecule has 0 aromatic heterocycles. The molecule has 1 unspecified atom stereocenters. The maximum Gasteiger partial charge on any atom is 0.310 e. The van der Waals surface area contributed by atoms with Gasteiger partial charge in [-0.05, 0) is 92.7 Å². The molecule has 2 aliphatic heterocycles. The smallest absolute Gasteiger partial charge is 0.310 e. The number of amides is 1. The Kier molecular flexibility index (Phi) is 8.66. The number of carbonyl (C=O) groups is 2. The van der Waals surface area contributed by atoms with E-state index in [0.29, 0.717) is 35.8 Å². The molecule has 2 aromatic carbocycles. The first-order chi connectivity index (χ1) is 19.4. The zero-order chi connectivity index (χ0) is 28.2. The summed E-state index contributed by atoms with van der Waals surface area (Å²) in [5.41, 5.74) is 8.75. The van der Waals surface area contributed by atoms with Crippen molar-refractivity contribution in [2.75, 3.05) is 40.1 Å². The molecule has 0 spiro atoms. The zero-order valence-corrected chi connectivity index (χ0v) is 23.2. The van der Waals surface area contributed by atoms with Crippen molar-refractivity contribution in [2.24, 2.45) is 17.6 Å². The maximum atomic E-state index is 13.2. The minimum absolute atomic E-state index is 0.0598. The number of fused-ring (bicyclic) bond motifs is 3. The van der Waals surface area contributed by atoms with E-state index in [9.17, 15) is 14.7 Å². The van der Waals surface area contributed by atoms with Crippen molar-refractivity contribution in [3.8, 4) is 23.0 Å². The predicted octanol–water partition coefficient (Wildman–Crippen LogP) is 3.03. The Morgan fingerprint density at radius 2 is 1.77 bits per heavy atom. The predicted molar refractivity (Wildman–Crippen MR) is 148 cm³/mol. The Labute approximate surface area is 234 Å². The van der Waals surface area contributed by atoms with Crippen molar-refractivity contribution >= 4 is 11.9 Å². The van der Waals surface area contributed by atoms with Crippen LogP contribution in [0.5, 0.6) is 23.0 Å². The van der Waals surface area contributed by atoms with E-state index in [-0.39, 0.29) is 42.9 Å². The number of carbonyl (C=O) groups excluding carboxylic acids is 2. The first-order valence-electron chi connectivity index (χ1n) is 14.1. The number of ether oxygens (including phenoxy) is 4. The molecule has 0 saturated carbocycles. The van der Waals surface area contributed by atoms with Gasteiger partial charge >= 0.3 is 5.97 Å². The number of esters is 1. The van der Waals surface area contributed by atoms with E-state index >= 15 is 0 Å². The van der Waals surface area contributed by atoms with Crippen LogP contribution in [0.2, 0.25) is 0 Å². The lowest BCUT2D eigenvalue weighted by Gasteiger charge is -2.39. The Bertz CT molecular complexity index is 1250. The van der Waals surface area contributed by atoms with Gasteiger partial charge in [0, 0.05) is 18.3 Å². The molecule has 1 saturated heterocycles. The SMILES string of the molecule is COc1cc(C2c3cc4c(cc3[C@@H](NC(=O)CCCCNCCCCN)[C@H]3COC(=O)[C@H]23)OCO4)cc(C)c1O. The molecule has 2 aromatic rings. The van der Waals surface area contributed by atoms with E-state index < -0.39 is 12.0 Å². The second-order valence-electron chi connectivity index (χ2n) is 10.8. The average molecular weight is 554 g/mol. The van der Waals surface area contributed by atoms with Crippen molar-refractivity contribution in [2.45, 2.75) is 51.0 Å². The van der Waals surface area contributed by atoms with Gasteiger partial charge in [0.1, 0.15) is 0 Å². The van der Waals surface area contributed by atoms with Gasteiger partial charge < -0.3 is 40.4 Å². The van der Waals surface area contributed by atoms with Crippen molar-refractivity contribution in [1.82, 2.24) is 10.6 Å². The van der Waals surface area contributed by atoms with E-state index in [0.717, 1.165) is 55.5 Å². The van der Waals surface area contributed by atoms with Gasteiger partial charge in [-0.2, -0.15) is 0 Å². The van der Waals surface area contributed by atoms with E-state index in [1.165, 1.54) is 7.11 Å². The normalized spacial score (nSPS) is 22.4. The van der Waals surface area contributed by atoms with Gasteiger partial charge in [0.15, 0.2) is 23.0 Å². The van der Waals surface area contributed by atoms with Crippen LogP contribution in [0, 0.1) is 18.8 Å². The molecule has 1 aliphatic carbocycles. The Balaban J connectivity index is 1.41. The van der Waals surface area contributed by atoms with Crippen LogP contribution in [0.15, 0.2) is 24.3 Å². The second kappa shape index (κ2) is 12.3. The van der Waals surface area contributed by atoms with Crippen LogP contribution in [0.3, 0.4) is 0 Å². The van der Waals surface area contributed by atoms with Crippen molar-refractivity contribution in [3.05, 3.63) is 46.5 Å². The van der Waals surface area contributed by atoms with Crippen LogP contribution in [0.25, 0.3) is 0 Å². The van der Waals surface area contributed by atoms with E-state index in [1.54, 1.807) is 13.0 Å². The van der Waals surface area contributed by atoms with Crippen LogP contribution in [0.4, 0.5) is 0 Å². The number of unbranched alkanes of at least 4 members (excludes halogenated alkanes) is 2. The van der Waals surface area contributed by atoms with Crippen LogP contribution < -0.4 is 30.6 Å². The van der Waals surface area contributed by atoms with Gasteiger partial charge in [0.2, 0.25) is 12.7 Å². The van der Waals surface area contributed by atoms with Crippen LogP contribution in [-0.4, -0.2) is 57.1 Å². The molecule has 4 atom stereocenters. The number of methoxy groups -OCH3 is 1. The summed E-state index contributed by atoms with van der Waals surface area (Å²) in [4.78, 5) is 26.4. The molecular weight excluding hydrogens is 514 g/mol. The number of aromatic hydroxyl groups is 1. The molecular formula is C30H39N3O7. The summed E-state index contributed by atoms with van der Waals surface area (Å²) in [6, 6.07) is 7.06. The highest BCUT2D eigenvalue weighted by Crippen LogP contribution is 2.55. The number of aryl methyl sites for hydroxylation is 1. The van der Waals surface area contributed by atoms with Crippen LogP contribution >= 0.6 is 0 Å². The van der Waals surface area contributed by atoms with Gasteiger partial charge in [-0.3, -0.25) is 9.59 Å². The second-order valence-corrected chi connectivity index (χ2v) is 10.8. The highest BCUT2D eigenvalue weighted by atomic mass is 16.7. The summed E-state index contributed by atoms with van der Waals surface area (Å²) in [6.45, 7) is 4.62. The number of hydrogen-bond acceptors (Lipinski definition) is 9. The Morgan fingerprint density at radius 3 is 2.50 bits per heavy atom. The Hall–Kier alpha value is -3.50. The molecule has 3 aliphatic rings. The minimum atomic E-state index is -0.524. The van der Waals surface area contributed by atoms with Gasteiger partial charge in [0.05, 0.1) is 25.7 Å². The third-order valence-electron chi connectivity index (χ3n) is 8.19. The fourth-order valence-corrected chi connectivity index (χ4v) is 6.16. The lowest BCUT2D eigenvalue weighted by Crippen LogP contribution is -2.42. The minimum Gasteiger partial charge on any atom is -0.504 e. The first-order valence-corrected chi connectivity index (χ1v) is 14.1. The molecule has 1 fully saturated rings. The number of nitrogens with one attached hydrogen (secondary N) is 2. The van der Waals surface area contributed by atoms with Crippen LogP contribution in [-0.2, 0) is 14.3 Å². The summed E-state index contributed by atoms with van der Waals surface area (Å²) in [7, 11) is 1.50. The lowest BCUT2D eigenvalue weighted by atomic mass is 9.65. The third-order valence-corrected chi connectivity index (χ3v) is 8.19. The number of nitrogens with two attached hydrogens (primary N) is 1. The van der Waals surface area contributed by atoms with E-state index in [1.807, 2.05) is 18.2 Å².